The van der Waals surface area contributed by atoms with Crippen molar-refractivity contribution in [1.82, 2.24) is 9.55 Å². The van der Waals surface area contributed by atoms with Gasteiger partial charge in [0.25, 0.3) is 0 Å². The van der Waals surface area contributed by atoms with Gasteiger partial charge in [0.1, 0.15) is 0 Å². The van der Waals surface area contributed by atoms with E-state index in [1.54, 1.807) is 23.8 Å². The number of hydrogen-bond donors (Lipinski definition) is 2. The zero-order chi connectivity index (χ0) is 18.1. The average Bonchev–Trinajstić information content (AvgIpc) is 2.87. The molecule has 0 bridgehead atoms. The lowest BCUT2D eigenvalue weighted by atomic mass is 9.95. The molecule has 0 radical (unpaired) electrons. The Hall–Kier alpha value is -1.79. The van der Waals surface area contributed by atoms with Crippen LogP contribution < -0.4 is 5.73 Å². The molecule has 3 N–H and O–H groups in total. The maximum Gasteiger partial charge on any atom is 0.201 e. The number of aromatic nitrogens is 2. The summed E-state index contributed by atoms with van der Waals surface area (Å²) >= 11 is 12.5. The van der Waals surface area contributed by atoms with Crippen molar-refractivity contribution in [2.75, 3.05) is 13.7 Å². The van der Waals surface area contributed by atoms with Crippen LogP contribution in [-0.4, -0.2) is 28.4 Å². The lowest BCUT2D eigenvalue weighted by Gasteiger charge is -2.14. The molecule has 2 heterocycles. The van der Waals surface area contributed by atoms with E-state index in [1.807, 2.05) is 19.2 Å². The largest absolute Gasteiger partial charge is 0.494 e. The molecule has 0 aliphatic heterocycles. The van der Waals surface area contributed by atoms with Crippen LogP contribution >= 0.6 is 23.2 Å². The van der Waals surface area contributed by atoms with Gasteiger partial charge in [0, 0.05) is 53.3 Å². The van der Waals surface area contributed by atoms with Gasteiger partial charge in [-0.3, -0.25) is 4.98 Å². The molecule has 5 nitrogen and oxygen atoms in total. The van der Waals surface area contributed by atoms with Crippen molar-refractivity contribution in [3.8, 4) is 17.0 Å². The molecule has 0 saturated carbocycles. The van der Waals surface area contributed by atoms with Crippen molar-refractivity contribution in [2.45, 2.75) is 20.0 Å². The van der Waals surface area contributed by atoms with Crippen LogP contribution in [-0.2, 0) is 17.8 Å². The summed E-state index contributed by atoms with van der Waals surface area (Å²) in [6.07, 6.45) is 1.81. The molecule has 0 fully saturated rings. The second kappa shape index (κ2) is 7.22. The number of nitrogens with zero attached hydrogens (tertiary/aromatic N) is 2. The minimum Gasteiger partial charge on any atom is -0.494 e. The Morgan fingerprint density at radius 3 is 2.72 bits per heavy atom. The summed E-state index contributed by atoms with van der Waals surface area (Å²) in [5, 5.41) is 12.4. The van der Waals surface area contributed by atoms with E-state index in [0.29, 0.717) is 34.1 Å². The number of halogens is 2. The van der Waals surface area contributed by atoms with Crippen LogP contribution in [0.2, 0.25) is 10.0 Å². The van der Waals surface area contributed by atoms with Crippen LogP contribution in [0.25, 0.3) is 22.0 Å². The molecule has 1 aromatic carbocycles. The molecule has 0 spiro atoms. The Bertz CT molecular complexity index is 938. The average molecular weight is 380 g/mol. The second-order valence-electron chi connectivity index (χ2n) is 5.78. The monoisotopic (exact) mass is 379 g/mol. The van der Waals surface area contributed by atoms with Gasteiger partial charge < -0.3 is 20.1 Å². The van der Waals surface area contributed by atoms with Gasteiger partial charge in [-0.2, -0.15) is 0 Å². The lowest BCUT2D eigenvalue weighted by molar-refractivity contribution is 0.184. The number of pyridine rings is 1. The predicted molar refractivity (Wildman–Crippen MR) is 101 cm³/mol. The van der Waals surface area contributed by atoms with E-state index in [0.717, 1.165) is 22.4 Å². The highest BCUT2D eigenvalue weighted by atomic mass is 35.5. The Kier molecular flexibility index (Phi) is 5.20. The summed E-state index contributed by atoms with van der Waals surface area (Å²) in [4.78, 5) is 4.60. The number of aryl methyl sites for hydroxylation is 1. The SMILES string of the molecule is COCCn1cc2nc(C)c(CN)c(-c3ccc(Cl)cc3Cl)c2c1O. The fourth-order valence-corrected chi connectivity index (χ4v) is 3.54. The van der Waals surface area contributed by atoms with Gasteiger partial charge in [0.15, 0.2) is 0 Å². The molecular formula is C18H19Cl2N3O2. The van der Waals surface area contributed by atoms with Crippen LogP contribution in [0.1, 0.15) is 11.3 Å². The van der Waals surface area contributed by atoms with Crippen molar-refractivity contribution < 1.29 is 9.84 Å². The molecule has 0 atom stereocenters. The molecule has 3 rings (SSSR count). The maximum absolute atomic E-state index is 10.8. The molecule has 7 heteroatoms. The molecule has 3 aromatic rings. The van der Waals surface area contributed by atoms with Gasteiger partial charge in [0.05, 0.1) is 17.5 Å². The number of aromatic hydroxyl groups is 1. The smallest absolute Gasteiger partial charge is 0.201 e. The van der Waals surface area contributed by atoms with E-state index in [4.69, 9.17) is 33.7 Å². The number of methoxy groups -OCH3 is 1. The van der Waals surface area contributed by atoms with Crippen LogP contribution in [0.5, 0.6) is 5.88 Å². The first-order valence-electron chi connectivity index (χ1n) is 7.83. The van der Waals surface area contributed by atoms with E-state index < -0.39 is 0 Å². The van der Waals surface area contributed by atoms with Gasteiger partial charge in [-0.25, -0.2) is 0 Å². The Labute approximate surface area is 155 Å². The lowest BCUT2D eigenvalue weighted by Crippen LogP contribution is -2.04. The van der Waals surface area contributed by atoms with Crippen LogP contribution in [0, 0.1) is 6.92 Å². The predicted octanol–water partition coefficient (Wildman–Crippen LogP) is 4.13. The number of ether oxygens (including phenoxy) is 1. The van der Waals surface area contributed by atoms with E-state index in [9.17, 15) is 5.11 Å². The molecule has 132 valence electrons. The zero-order valence-electron chi connectivity index (χ0n) is 14.0. The fourth-order valence-electron chi connectivity index (χ4n) is 3.04. The Balaban J connectivity index is 2.36. The topological polar surface area (TPSA) is 73.3 Å². The van der Waals surface area contributed by atoms with Gasteiger partial charge in [-0.15, -0.1) is 0 Å². The molecule has 0 unspecified atom stereocenters. The molecular weight excluding hydrogens is 361 g/mol. The van der Waals surface area contributed by atoms with E-state index in [1.165, 1.54) is 0 Å². The van der Waals surface area contributed by atoms with Gasteiger partial charge in [0.2, 0.25) is 5.88 Å². The summed E-state index contributed by atoms with van der Waals surface area (Å²) in [5.41, 5.74) is 9.87. The molecule has 0 aliphatic rings. The van der Waals surface area contributed by atoms with Crippen molar-refractivity contribution in [1.29, 1.82) is 0 Å². The Morgan fingerprint density at radius 1 is 1.32 bits per heavy atom. The minimum atomic E-state index is 0.121. The third-order valence-corrected chi connectivity index (χ3v) is 4.80. The van der Waals surface area contributed by atoms with Gasteiger partial charge in [-0.05, 0) is 24.6 Å². The maximum atomic E-state index is 10.8. The third-order valence-electron chi connectivity index (χ3n) is 4.25. The van der Waals surface area contributed by atoms with Gasteiger partial charge in [-0.1, -0.05) is 29.3 Å². The first kappa shape index (κ1) is 18.0. The first-order chi connectivity index (χ1) is 12.0. The summed E-state index contributed by atoms with van der Waals surface area (Å²) in [7, 11) is 1.62. The first-order valence-corrected chi connectivity index (χ1v) is 8.59. The summed E-state index contributed by atoms with van der Waals surface area (Å²) in [6.45, 7) is 3.18. The highest BCUT2D eigenvalue weighted by Crippen LogP contribution is 2.42. The van der Waals surface area contributed by atoms with Crippen molar-refractivity contribution in [3.63, 3.8) is 0 Å². The highest BCUT2D eigenvalue weighted by molar-refractivity contribution is 6.36. The highest BCUT2D eigenvalue weighted by Gasteiger charge is 2.21. The van der Waals surface area contributed by atoms with Crippen molar-refractivity contribution in [2.24, 2.45) is 5.73 Å². The van der Waals surface area contributed by atoms with E-state index in [-0.39, 0.29) is 12.4 Å². The molecule has 0 amide bonds. The van der Waals surface area contributed by atoms with Gasteiger partial charge >= 0.3 is 0 Å². The van der Waals surface area contributed by atoms with Crippen molar-refractivity contribution in [3.05, 3.63) is 45.7 Å². The van der Waals surface area contributed by atoms with E-state index in [2.05, 4.69) is 4.98 Å². The summed E-state index contributed by atoms with van der Waals surface area (Å²) in [6, 6.07) is 5.28. The fraction of sp³-hybridized carbons (Fsp3) is 0.278. The molecule has 0 aliphatic carbocycles. The minimum absolute atomic E-state index is 0.121. The van der Waals surface area contributed by atoms with Crippen LogP contribution in [0.4, 0.5) is 0 Å². The number of nitrogens with two attached hydrogens (primary N) is 1. The number of benzene rings is 1. The molecule has 0 saturated heterocycles. The number of hydrogen-bond acceptors (Lipinski definition) is 4. The van der Waals surface area contributed by atoms with Crippen molar-refractivity contribution >= 4 is 34.1 Å². The second-order valence-corrected chi connectivity index (χ2v) is 6.62. The zero-order valence-corrected chi connectivity index (χ0v) is 15.5. The standard InChI is InChI=1S/C18H19Cl2N3O2/c1-10-13(8-21)16(12-4-3-11(19)7-14(12)20)17-15(22-10)9-23(18(17)24)5-6-25-2/h3-4,7,9,24H,5-6,8,21H2,1-2H3. The Morgan fingerprint density at radius 2 is 2.08 bits per heavy atom. The van der Waals surface area contributed by atoms with Crippen LogP contribution in [0.3, 0.4) is 0 Å². The molecule has 2 aromatic heterocycles. The quantitative estimate of drug-likeness (QED) is 0.698. The summed E-state index contributed by atoms with van der Waals surface area (Å²) < 4.78 is 6.82. The molecule has 25 heavy (non-hydrogen) atoms. The van der Waals surface area contributed by atoms with E-state index >= 15 is 0 Å². The van der Waals surface area contributed by atoms with Crippen LogP contribution in [0.15, 0.2) is 24.4 Å². The number of rotatable bonds is 5. The summed E-state index contributed by atoms with van der Waals surface area (Å²) in [5.74, 6) is 0.121. The third kappa shape index (κ3) is 3.20. The number of fused-ring (bicyclic) bond motifs is 1. The normalized spacial score (nSPS) is 11.4.